The van der Waals surface area contributed by atoms with Gasteiger partial charge in [0.2, 0.25) is 0 Å². The molecule has 0 bridgehead atoms. The van der Waals surface area contributed by atoms with Crippen molar-refractivity contribution in [3.8, 4) is 0 Å². The smallest absolute Gasteiger partial charge is 0.272 e. The van der Waals surface area contributed by atoms with Crippen molar-refractivity contribution in [3.05, 3.63) is 34.4 Å². The first-order chi connectivity index (χ1) is 8.25. The summed E-state index contributed by atoms with van der Waals surface area (Å²) in [5.41, 5.74) is 1.69. The van der Waals surface area contributed by atoms with Crippen molar-refractivity contribution in [2.24, 2.45) is 5.92 Å². The van der Waals surface area contributed by atoms with E-state index < -0.39 is 0 Å². The van der Waals surface area contributed by atoms with E-state index in [1.165, 1.54) is 23.8 Å². The van der Waals surface area contributed by atoms with Crippen LogP contribution in [0.4, 0.5) is 0 Å². The summed E-state index contributed by atoms with van der Waals surface area (Å²) in [5.74, 6) is 1.09. The molecule has 1 aliphatic rings. The van der Waals surface area contributed by atoms with Crippen LogP contribution in [-0.2, 0) is 0 Å². The Morgan fingerprint density at radius 2 is 2.24 bits per heavy atom. The highest BCUT2D eigenvalue weighted by molar-refractivity contribution is 5.37. The quantitative estimate of drug-likeness (QED) is 0.818. The highest BCUT2D eigenvalue weighted by Crippen LogP contribution is 2.36. The number of nitrogens with zero attached hydrogens (tertiary/aromatic N) is 2. The molecule has 1 aliphatic carbocycles. The number of fused-ring (bicyclic) bond motifs is 1. The normalized spacial score (nSPS) is 25.2. The maximum atomic E-state index is 11.9. The van der Waals surface area contributed by atoms with Gasteiger partial charge in [0, 0.05) is 24.2 Å². The number of nitrogens with one attached hydrogen (secondary N) is 1. The second-order valence-electron chi connectivity index (χ2n) is 5.04. The maximum absolute atomic E-state index is 11.9. The van der Waals surface area contributed by atoms with E-state index in [9.17, 15) is 4.79 Å². The van der Waals surface area contributed by atoms with Crippen LogP contribution < -0.4 is 5.56 Å². The maximum Gasteiger partial charge on any atom is 0.272 e. The Hall–Kier alpha value is -1.58. The van der Waals surface area contributed by atoms with Gasteiger partial charge in [0.25, 0.3) is 5.56 Å². The van der Waals surface area contributed by atoms with Crippen LogP contribution in [0.2, 0.25) is 0 Å². The van der Waals surface area contributed by atoms with Gasteiger partial charge in [-0.2, -0.15) is 0 Å². The number of rotatable bonds is 1. The number of H-pyrrole nitrogens is 1. The van der Waals surface area contributed by atoms with Gasteiger partial charge >= 0.3 is 0 Å². The third-order valence-electron chi connectivity index (χ3n) is 3.89. The highest BCUT2D eigenvalue weighted by atomic mass is 16.1. The summed E-state index contributed by atoms with van der Waals surface area (Å²) < 4.78 is 1.48. The van der Waals surface area contributed by atoms with Gasteiger partial charge in [-0.25, -0.2) is 9.50 Å². The van der Waals surface area contributed by atoms with Crippen LogP contribution >= 0.6 is 0 Å². The molecule has 2 atom stereocenters. The van der Waals surface area contributed by atoms with Gasteiger partial charge in [-0.3, -0.25) is 9.89 Å². The summed E-state index contributed by atoms with van der Waals surface area (Å²) in [5, 5.41) is 2.87. The van der Waals surface area contributed by atoms with Crippen LogP contribution in [-0.4, -0.2) is 14.6 Å². The van der Waals surface area contributed by atoms with Crippen molar-refractivity contribution in [1.82, 2.24) is 14.6 Å². The third-order valence-corrected chi connectivity index (χ3v) is 3.89. The highest BCUT2D eigenvalue weighted by Gasteiger charge is 2.24. The molecular weight excluding hydrogens is 214 g/mol. The minimum Gasteiger partial charge on any atom is -0.297 e. The molecule has 1 fully saturated rings. The Morgan fingerprint density at radius 1 is 1.41 bits per heavy atom. The second-order valence-corrected chi connectivity index (χ2v) is 5.04. The average molecular weight is 231 g/mol. The van der Waals surface area contributed by atoms with Crippen molar-refractivity contribution < 1.29 is 0 Å². The number of hydrogen-bond donors (Lipinski definition) is 1. The van der Waals surface area contributed by atoms with Gasteiger partial charge < -0.3 is 0 Å². The van der Waals surface area contributed by atoms with E-state index in [1.807, 2.05) is 6.07 Å². The molecule has 2 aromatic heterocycles. The predicted octanol–water partition coefficient (Wildman–Crippen LogP) is 2.32. The van der Waals surface area contributed by atoms with Crippen LogP contribution in [0, 0.1) is 5.92 Å². The first-order valence-electron chi connectivity index (χ1n) is 6.33. The number of hydrogen-bond acceptors (Lipinski definition) is 2. The fraction of sp³-hybridized carbons (Fsp3) is 0.538. The Labute approximate surface area is 99.7 Å². The van der Waals surface area contributed by atoms with Gasteiger partial charge in [0.1, 0.15) is 0 Å². The minimum absolute atomic E-state index is 0.00669. The molecule has 2 heterocycles. The van der Waals surface area contributed by atoms with E-state index >= 15 is 0 Å². The standard InChI is InChI=1S/C13H17N3O/c1-9-4-2-3-5-10(9)11-8-13(17)16-12(15-11)6-7-14-16/h6-10,14H,2-5H2,1H3. The van der Waals surface area contributed by atoms with Crippen molar-refractivity contribution in [1.29, 1.82) is 0 Å². The third kappa shape index (κ3) is 1.77. The SMILES string of the molecule is CC1CCCCC1c1cc(=O)n2[nH]ccc2n1. The lowest BCUT2D eigenvalue weighted by Gasteiger charge is -2.28. The second kappa shape index (κ2) is 4.02. The molecular formula is C13H17N3O. The molecule has 2 unspecified atom stereocenters. The molecule has 0 aromatic carbocycles. The van der Waals surface area contributed by atoms with Gasteiger partial charge in [0.05, 0.1) is 5.69 Å². The van der Waals surface area contributed by atoms with E-state index in [0.717, 1.165) is 17.8 Å². The zero-order valence-corrected chi connectivity index (χ0v) is 10.0. The van der Waals surface area contributed by atoms with Crippen LogP contribution in [0.25, 0.3) is 5.65 Å². The van der Waals surface area contributed by atoms with E-state index in [2.05, 4.69) is 17.0 Å². The molecule has 0 saturated heterocycles. The zero-order valence-electron chi connectivity index (χ0n) is 10.0. The first-order valence-corrected chi connectivity index (χ1v) is 6.33. The van der Waals surface area contributed by atoms with E-state index in [-0.39, 0.29) is 5.56 Å². The molecule has 2 aromatic rings. The Bertz CT molecular complexity index is 584. The molecule has 0 radical (unpaired) electrons. The Kier molecular flexibility index (Phi) is 2.50. The van der Waals surface area contributed by atoms with Crippen molar-refractivity contribution >= 4 is 5.65 Å². The van der Waals surface area contributed by atoms with Crippen LogP contribution in [0.3, 0.4) is 0 Å². The molecule has 0 amide bonds. The molecule has 1 saturated carbocycles. The molecule has 90 valence electrons. The summed E-state index contributed by atoms with van der Waals surface area (Å²) >= 11 is 0. The fourth-order valence-corrected chi connectivity index (χ4v) is 2.89. The summed E-state index contributed by atoms with van der Waals surface area (Å²) in [6, 6.07) is 3.54. The summed E-state index contributed by atoms with van der Waals surface area (Å²) in [6.45, 7) is 2.27. The van der Waals surface area contributed by atoms with Gasteiger partial charge in [-0.15, -0.1) is 0 Å². The van der Waals surface area contributed by atoms with Crippen molar-refractivity contribution in [2.45, 2.75) is 38.5 Å². The largest absolute Gasteiger partial charge is 0.297 e. The predicted molar refractivity (Wildman–Crippen MR) is 66.2 cm³/mol. The lowest BCUT2D eigenvalue weighted by Crippen LogP contribution is -2.21. The molecule has 4 nitrogen and oxygen atoms in total. The average Bonchev–Trinajstić information content (AvgIpc) is 2.78. The molecule has 17 heavy (non-hydrogen) atoms. The molecule has 4 heteroatoms. The van der Waals surface area contributed by atoms with Gasteiger partial charge in [-0.05, 0) is 12.3 Å². The summed E-state index contributed by atoms with van der Waals surface area (Å²) in [7, 11) is 0. The summed E-state index contributed by atoms with van der Waals surface area (Å²) in [4.78, 5) is 16.5. The number of aromatic amines is 1. The van der Waals surface area contributed by atoms with Crippen LogP contribution in [0.15, 0.2) is 23.1 Å². The molecule has 3 rings (SSSR count). The Balaban J connectivity index is 2.07. The lowest BCUT2D eigenvalue weighted by molar-refractivity contribution is 0.325. The molecule has 0 aliphatic heterocycles. The lowest BCUT2D eigenvalue weighted by atomic mass is 9.78. The Morgan fingerprint density at radius 3 is 3.06 bits per heavy atom. The van der Waals surface area contributed by atoms with E-state index in [1.54, 1.807) is 12.3 Å². The van der Waals surface area contributed by atoms with Crippen LogP contribution in [0.5, 0.6) is 0 Å². The molecule has 0 spiro atoms. The van der Waals surface area contributed by atoms with Crippen LogP contribution in [0.1, 0.15) is 44.2 Å². The number of aromatic nitrogens is 3. The van der Waals surface area contributed by atoms with Gasteiger partial charge in [0.15, 0.2) is 5.65 Å². The fourth-order valence-electron chi connectivity index (χ4n) is 2.89. The molecule has 1 N–H and O–H groups in total. The van der Waals surface area contributed by atoms with Gasteiger partial charge in [-0.1, -0.05) is 26.2 Å². The van der Waals surface area contributed by atoms with E-state index in [0.29, 0.717) is 11.8 Å². The van der Waals surface area contributed by atoms with Crippen molar-refractivity contribution in [2.75, 3.05) is 0 Å². The topological polar surface area (TPSA) is 50.2 Å². The van der Waals surface area contributed by atoms with E-state index in [4.69, 9.17) is 0 Å². The minimum atomic E-state index is -0.00669. The monoisotopic (exact) mass is 231 g/mol. The summed E-state index contributed by atoms with van der Waals surface area (Å²) in [6.07, 6.45) is 6.72. The van der Waals surface area contributed by atoms with Crippen molar-refractivity contribution in [3.63, 3.8) is 0 Å². The zero-order chi connectivity index (χ0) is 11.8. The first kappa shape index (κ1) is 10.6.